The summed E-state index contributed by atoms with van der Waals surface area (Å²) in [5.74, 6) is -1.12. The van der Waals surface area contributed by atoms with Gasteiger partial charge in [-0.25, -0.2) is 4.79 Å². The Labute approximate surface area is 207 Å². The predicted molar refractivity (Wildman–Crippen MR) is 136 cm³/mol. The first-order valence-electron chi connectivity index (χ1n) is 12.5. The summed E-state index contributed by atoms with van der Waals surface area (Å²) in [5, 5.41) is 10.1. The standard InChI is InChI=1S/C30H32N2O3/c33-29(28(23-13-6-2-7-14-23)24-15-8-3-9-16-24)32-21-26(19-27(32)30(34)35)31-18-10-17-25(20-31)22-11-4-1-5-12-22/h1-9,11-16,25-28H,10,17-21H2,(H,34,35)/t25-,26?,27?/m0/s1. The van der Waals surface area contributed by atoms with E-state index in [1.807, 2.05) is 66.7 Å². The van der Waals surface area contributed by atoms with Gasteiger partial charge < -0.3 is 10.0 Å². The Morgan fingerprint density at radius 3 is 1.94 bits per heavy atom. The van der Waals surface area contributed by atoms with Gasteiger partial charge in [-0.15, -0.1) is 0 Å². The Balaban J connectivity index is 1.39. The molecule has 0 aromatic heterocycles. The number of piperidine rings is 1. The van der Waals surface area contributed by atoms with Gasteiger partial charge in [0.15, 0.2) is 0 Å². The lowest BCUT2D eigenvalue weighted by atomic mass is 9.89. The molecule has 5 nitrogen and oxygen atoms in total. The first-order valence-corrected chi connectivity index (χ1v) is 12.5. The van der Waals surface area contributed by atoms with Crippen LogP contribution in [0.25, 0.3) is 0 Å². The average molecular weight is 469 g/mol. The third-order valence-electron chi connectivity index (χ3n) is 7.60. The molecule has 0 bridgehead atoms. The van der Waals surface area contributed by atoms with Crippen LogP contribution in [0.3, 0.4) is 0 Å². The molecular weight excluding hydrogens is 436 g/mol. The van der Waals surface area contributed by atoms with Crippen LogP contribution < -0.4 is 0 Å². The molecule has 0 aliphatic carbocycles. The Morgan fingerprint density at radius 2 is 1.37 bits per heavy atom. The first kappa shape index (κ1) is 23.3. The molecule has 0 saturated carbocycles. The lowest BCUT2D eigenvalue weighted by molar-refractivity contribution is -0.148. The van der Waals surface area contributed by atoms with Gasteiger partial charge in [0.2, 0.25) is 5.91 Å². The smallest absolute Gasteiger partial charge is 0.326 e. The van der Waals surface area contributed by atoms with Crippen molar-refractivity contribution >= 4 is 11.9 Å². The Bertz CT molecular complexity index is 1100. The SMILES string of the molecule is O=C(O)C1CC(N2CCC[C@H](c3ccccc3)C2)CN1C(=O)C(c1ccccc1)c1ccccc1. The summed E-state index contributed by atoms with van der Waals surface area (Å²) < 4.78 is 0. The largest absolute Gasteiger partial charge is 0.480 e. The molecule has 1 amide bonds. The molecule has 5 heteroatoms. The van der Waals surface area contributed by atoms with E-state index in [4.69, 9.17) is 0 Å². The number of amides is 1. The molecule has 2 aliphatic rings. The number of carboxylic acids is 1. The summed E-state index contributed by atoms with van der Waals surface area (Å²) in [6, 6.07) is 29.2. The minimum absolute atomic E-state index is 0.0544. The highest BCUT2D eigenvalue weighted by atomic mass is 16.4. The van der Waals surface area contributed by atoms with Crippen molar-refractivity contribution in [3.63, 3.8) is 0 Å². The van der Waals surface area contributed by atoms with Gasteiger partial charge in [0, 0.05) is 19.1 Å². The van der Waals surface area contributed by atoms with Crippen LogP contribution in [-0.2, 0) is 9.59 Å². The van der Waals surface area contributed by atoms with Crippen molar-refractivity contribution in [1.82, 2.24) is 9.80 Å². The van der Waals surface area contributed by atoms with Gasteiger partial charge in [0.1, 0.15) is 6.04 Å². The number of carboxylic acid groups (broad SMARTS) is 1. The Morgan fingerprint density at radius 1 is 0.800 bits per heavy atom. The maximum absolute atomic E-state index is 14.0. The van der Waals surface area contributed by atoms with Gasteiger partial charge in [-0.2, -0.15) is 0 Å². The number of likely N-dealkylation sites (tertiary alicyclic amines) is 2. The molecule has 2 unspecified atom stereocenters. The highest BCUT2D eigenvalue weighted by Gasteiger charge is 2.44. The van der Waals surface area contributed by atoms with Crippen molar-refractivity contribution in [3.8, 4) is 0 Å². The fourth-order valence-electron chi connectivity index (χ4n) is 5.83. The molecule has 2 aliphatic heterocycles. The zero-order valence-electron chi connectivity index (χ0n) is 19.9. The summed E-state index contributed by atoms with van der Waals surface area (Å²) >= 11 is 0. The molecule has 0 radical (unpaired) electrons. The van der Waals surface area contributed by atoms with Crippen LogP contribution >= 0.6 is 0 Å². The van der Waals surface area contributed by atoms with Crippen LogP contribution in [0.1, 0.15) is 47.8 Å². The van der Waals surface area contributed by atoms with E-state index in [0.717, 1.165) is 37.1 Å². The number of aliphatic carboxylic acids is 1. The second-order valence-electron chi connectivity index (χ2n) is 9.73. The minimum Gasteiger partial charge on any atom is -0.480 e. The minimum atomic E-state index is -0.919. The average Bonchev–Trinajstić information content (AvgIpc) is 3.37. The number of nitrogens with zero attached hydrogens (tertiary/aromatic N) is 2. The van der Waals surface area contributed by atoms with E-state index in [-0.39, 0.29) is 11.9 Å². The zero-order chi connectivity index (χ0) is 24.2. The summed E-state index contributed by atoms with van der Waals surface area (Å²) in [6.07, 6.45) is 2.69. The van der Waals surface area contributed by atoms with Gasteiger partial charge in [-0.05, 0) is 48.4 Å². The van der Waals surface area contributed by atoms with E-state index in [1.165, 1.54) is 5.56 Å². The van der Waals surface area contributed by atoms with E-state index >= 15 is 0 Å². The number of hydrogen-bond donors (Lipinski definition) is 1. The van der Waals surface area contributed by atoms with Gasteiger partial charge in [0.05, 0.1) is 5.92 Å². The van der Waals surface area contributed by atoms with Crippen molar-refractivity contribution in [3.05, 3.63) is 108 Å². The second kappa shape index (κ2) is 10.4. The summed E-state index contributed by atoms with van der Waals surface area (Å²) in [5.41, 5.74) is 3.11. The van der Waals surface area contributed by atoms with Crippen LogP contribution in [0.2, 0.25) is 0 Å². The van der Waals surface area contributed by atoms with E-state index < -0.39 is 17.9 Å². The molecule has 1 N–H and O–H groups in total. The van der Waals surface area contributed by atoms with Crippen molar-refractivity contribution in [2.75, 3.05) is 19.6 Å². The van der Waals surface area contributed by atoms with Crippen LogP contribution in [0, 0.1) is 0 Å². The molecule has 3 aromatic rings. The predicted octanol–water partition coefficient (Wildman–Crippen LogP) is 4.75. The molecular formula is C30H32N2O3. The molecule has 5 rings (SSSR count). The summed E-state index contributed by atoms with van der Waals surface area (Å²) in [7, 11) is 0. The van der Waals surface area contributed by atoms with Crippen molar-refractivity contribution < 1.29 is 14.7 Å². The first-order chi connectivity index (χ1) is 17.1. The highest BCUT2D eigenvalue weighted by Crippen LogP contribution is 2.34. The van der Waals surface area contributed by atoms with E-state index in [1.54, 1.807) is 4.90 Å². The monoisotopic (exact) mass is 468 g/mol. The molecule has 3 atom stereocenters. The summed E-state index contributed by atoms with van der Waals surface area (Å²) in [4.78, 5) is 30.4. The highest BCUT2D eigenvalue weighted by molar-refractivity contribution is 5.91. The fraction of sp³-hybridized carbons (Fsp3) is 0.333. The number of carbonyl (C=O) groups excluding carboxylic acids is 1. The van der Waals surface area contributed by atoms with E-state index in [9.17, 15) is 14.7 Å². The molecule has 2 heterocycles. The van der Waals surface area contributed by atoms with Crippen molar-refractivity contribution in [1.29, 1.82) is 0 Å². The third kappa shape index (κ3) is 5.01. The molecule has 2 fully saturated rings. The third-order valence-corrected chi connectivity index (χ3v) is 7.60. The Hall–Kier alpha value is -3.44. The lowest BCUT2D eigenvalue weighted by Gasteiger charge is -2.37. The molecule has 3 aromatic carbocycles. The summed E-state index contributed by atoms with van der Waals surface area (Å²) in [6.45, 7) is 2.31. The molecule has 35 heavy (non-hydrogen) atoms. The van der Waals surface area contributed by atoms with Gasteiger partial charge >= 0.3 is 5.97 Å². The van der Waals surface area contributed by atoms with Crippen LogP contribution in [-0.4, -0.2) is 58.5 Å². The number of benzene rings is 3. The fourth-order valence-corrected chi connectivity index (χ4v) is 5.83. The van der Waals surface area contributed by atoms with E-state index in [0.29, 0.717) is 18.9 Å². The molecule has 2 saturated heterocycles. The normalized spacial score (nSPS) is 22.9. The van der Waals surface area contributed by atoms with Crippen molar-refractivity contribution in [2.45, 2.75) is 43.2 Å². The van der Waals surface area contributed by atoms with Gasteiger partial charge in [0.25, 0.3) is 0 Å². The second-order valence-corrected chi connectivity index (χ2v) is 9.73. The van der Waals surface area contributed by atoms with Crippen molar-refractivity contribution in [2.24, 2.45) is 0 Å². The van der Waals surface area contributed by atoms with Crippen LogP contribution in [0.15, 0.2) is 91.0 Å². The topological polar surface area (TPSA) is 60.9 Å². The quantitative estimate of drug-likeness (QED) is 0.567. The maximum Gasteiger partial charge on any atom is 0.326 e. The maximum atomic E-state index is 14.0. The van der Waals surface area contributed by atoms with Gasteiger partial charge in [-0.3, -0.25) is 9.69 Å². The molecule has 180 valence electrons. The molecule has 0 spiro atoms. The lowest BCUT2D eigenvalue weighted by Crippen LogP contribution is -2.45. The van der Waals surface area contributed by atoms with E-state index in [2.05, 4.69) is 29.2 Å². The number of hydrogen-bond acceptors (Lipinski definition) is 3. The Kier molecular flexibility index (Phi) is 6.96. The van der Waals surface area contributed by atoms with Crippen LogP contribution in [0.5, 0.6) is 0 Å². The zero-order valence-corrected chi connectivity index (χ0v) is 19.9. The number of carbonyl (C=O) groups is 2. The number of rotatable bonds is 6. The van der Waals surface area contributed by atoms with Crippen LogP contribution in [0.4, 0.5) is 0 Å². The van der Waals surface area contributed by atoms with Gasteiger partial charge in [-0.1, -0.05) is 91.0 Å².